The Morgan fingerprint density at radius 3 is 2.53 bits per heavy atom. The first-order chi connectivity index (χ1) is 8.82. The first kappa shape index (κ1) is 13.4. The summed E-state index contributed by atoms with van der Waals surface area (Å²) in [6, 6.07) is 3.35. The second kappa shape index (κ2) is 4.57. The molecule has 0 aromatic heterocycles. The zero-order chi connectivity index (χ0) is 14.3. The van der Waals surface area contributed by atoms with Gasteiger partial charge in [-0.05, 0) is 31.0 Å². The van der Waals surface area contributed by atoms with Crippen LogP contribution in [0, 0.1) is 13.8 Å². The first-order valence-electron chi connectivity index (χ1n) is 6.16. The predicted molar refractivity (Wildman–Crippen MR) is 73.8 cm³/mol. The fraction of sp³-hybridized carbons (Fsp3) is 0.429. The maximum absolute atomic E-state index is 12.3. The second-order valence-corrected chi connectivity index (χ2v) is 5.07. The third kappa shape index (κ3) is 2.16. The van der Waals surface area contributed by atoms with Gasteiger partial charge in [-0.15, -0.1) is 0 Å². The van der Waals surface area contributed by atoms with Gasteiger partial charge in [0.25, 0.3) is 0 Å². The molecule has 1 atom stereocenters. The Bertz CT molecular complexity index is 554. The minimum atomic E-state index is -0.966. The summed E-state index contributed by atoms with van der Waals surface area (Å²) in [5, 5.41) is 8.95. The van der Waals surface area contributed by atoms with E-state index in [-0.39, 0.29) is 12.3 Å². The molecule has 1 aliphatic rings. The Morgan fingerprint density at radius 1 is 1.32 bits per heavy atom. The number of likely N-dealkylation sites (N-methyl/N-ethyl adjacent to an activating group) is 2. The fourth-order valence-corrected chi connectivity index (χ4v) is 2.71. The zero-order valence-electron chi connectivity index (χ0n) is 11.6. The molecule has 19 heavy (non-hydrogen) atoms. The van der Waals surface area contributed by atoms with Crippen LogP contribution in [-0.2, 0) is 9.59 Å². The summed E-state index contributed by atoms with van der Waals surface area (Å²) in [7, 11) is 3.47. The lowest BCUT2D eigenvalue weighted by molar-refractivity contribution is -0.139. The molecule has 1 aliphatic heterocycles. The van der Waals surface area contributed by atoms with Crippen molar-refractivity contribution in [2.24, 2.45) is 0 Å². The van der Waals surface area contributed by atoms with Crippen molar-refractivity contribution in [2.75, 3.05) is 23.9 Å². The van der Waals surface area contributed by atoms with Crippen LogP contribution < -0.4 is 9.80 Å². The van der Waals surface area contributed by atoms with Crippen molar-refractivity contribution in [1.29, 1.82) is 0 Å². The molecule has 1 N–H and O–H groups in total. The van der Waals surface area contributed by atoms with E-state index in [4.69, 9.17) is 5.11 Å². The standard InChI is InChI=1S/C14H18N2O3/c1-8-5-9(2)13-10(6-8)16(4)14(19)11(15(13)3)7-12(17)18/h5-6,11H,7H2,1-4H3,(H,17,18). The highest BCUT2D eigenvalue weighted by atomic mass is 16.4. The monoisotopic (exact) mass is 262 g/mol. The molecule has 1 unspecified atom stereocenters. The summed E-state index contributed by atoms with van der Waals surface area (Å²) in [5.74, 6) is -1.14. The van der Waals surface area contributed by atoms with Gasteiger partial charge in [-0.25, -0.2) is 0 Å². The number of carbonyl (C=O) groups is 2. The molecule has 1 heterocycles. The number of benzene rings is 1. The average molecular weight is 262 g/mol. The number of carbonyl (C=O) groups excluding carboxylic acids is 1. The van der Waals surface area contributed by atoms with Crippen molar-refractivity contribution in [3.05, 3.63) is 23.3 Å². The Hall–Kier alpha value is -2.04. The van der Waals surface area contributed by atoms with Crippen LogP contribution in [0.5, 0.6) is 0 Å². The Kier molecular flexibility index (Phi) is 3.22. The molecule has 1 aromatic carbocycles. The van der Waals surface area contributed by atoms with Crippen molar-refractivity contribution >= 4 is 23.3 Å². The highest BCUT2D eigenvalue weighted by Gasteiger charge is 2.36. The predicted octanol–water partition coefficient (Wildman–Crippen LogP) is 1.56. The Labute approximate surface area is 112 Å². The molecular formula is C14H18N2O3. The van der Waals surface area contributed by atoms with Crippen molar-refractivity contribution in [2.45, 2.75) is 26.3 Å². The van der Waals surface area contributed by atoms with Crippen molar-refractivity contribution in [3.8, 4) is 0 Å². The molecule has 1 amide bonds. The Balaban J connectivity index is 2.55. The minimum absolute atomic E-state index is 0.178. The molecule has 0 aliphatic carbocycles. The molecule has 0 bridgehead atoms. The van der Waals surface area contributed by atoms with E-state index in [0.717, 1.165) is 22.5 Å². The van der Waals surface area contributed by atoms with Gasteiger partial charge in [0.15, 0.2) is 0 Å². The summed E-state index contributed by atoms with van der Waals surface area (Å²) < 4.78 is 0. The van der Waals surface area contributed by atoms with Crippen LogP contribution in [0.1, 0.15) is 17.5 Å². The summed E-state index contributed by atoms with van der Waals surface area (Å²) in [4.78, 5) is 26.5. The highest BCUT2D eigenvalue weighted by molar-refractivity contribution is 6.07. The summed E-state index contributed by atoms with van der Waals surface area (Å²) >= 11 is 0. The van der Waals surface area contributed by atoms with E-state index < -0.39 is 12.0 Å². The van der Waals surface area contributed by atoms with Gasteiger partial charge in [-0.1, -0.05) is 6.07 Å². The van der Waals surface area contributed by atoms with Gasteiger partial charge in [-0.2, -0.15) is 0 Å². The summed E-state index contributed by atoms with van der Waals surface area (Å²) in [5.41, 5.74) is 3.90. The molecular weight excluding hydrogens is 244 g/mol. The van der Waals surface area contributed by atoms with E-state index in [1.54, 1.807) is 23.9 Å². The normalized spacial score (nSPS) is 18.5. The van der Waals surface area contributed by atoms with Crippen LogP contribution in [0.4, 0.5) is 11.4 Å². The van der Waals surface area contributed by atoms with Crippen molar-refractivity contribution in [3.63, 3.8) is 0 Å². The molecule has 5 nitrogen and oxygen atoms in total. The minimum Gasteiger partial charge on any atom is -0.481 e. The van der Waals surface area contributed by atoms with Gasteiger partial charge in [0.2, 0.25) is 5.91 Å². The largest absolute Gasteiger partial charge is 0.481 e. The van der Waals surface area contributed by atoms with E-state index >= 15 is 0 Å². The third-order valence-electron chi connectivity index (χ3n) is 3.59. The average Bonchev–Trinajstić information content (AvgIpc) is 2.30. The molecule has 0 fully saturated rings. The van der Waals surface area contributed by atoms with E-state index in [9.17, 15) is 9.59 Å². The molecule has 0 saturated carbocycles. The maximum Gasteiger partial charge on any atom is 0.305 e. The SMILES string of the molecule is Cc1cc(C)c2c(c1)N(C)C(=O)C(CC(=O)O)N2C. The number of hydrogen-bond donors (Lipinski definition) is 1. The molecule has 5 heteroatoms. The summed E-state index contributed by atoms with van der Waals surface area (Å²) in [6.07, 6.45) is -0.188. The third-order valence-corrected chi connectivity index (χ3v) is 3.59. The quantitative estimate of drug-likeness (QED) is 0.878. The number of rotatable bonds is 2. The van der Waals surface area contributed by atoms with Crippen LogP contribution in [0.2, 0.25) is 0 Å². The van der Waals surface area contributed by atoms with Crippen LogP contribution in [0.15, 0.2) is 12.1 Å². The van der Waals surface area contributed by atoms with E-state index in [1.165, 1.54) is 0 Å². The van der Waals surface area contributed by atoms with Gasteiger partial charge in [0.1, 0.15) is 6.04 Å². The van der Waals surface area contributed by atoms with Crippen LogP contribution in [0.25, 0.3) is 0 Å². The zero-order valence-corrected chi connectivity index (χ0v) is 11.6. The second-order valence-electron chi connectivity index (χ2n) is 5.07. The number of amides is 1. The van der Waals surface area contributed by atoms with Gasteiger partial charge < -0.3 is 14.9 Å². The van der Waals surface area contributed by atoms with Crippen LogP contribution >= 0.6 is 0 Å². The number of aliphatic carboxylic acids is 1. The molecule has 2 rings (SSSR count). The van der Waals surface area contributed by atoms with Crippen molar-refractivity contribution in [1.82, 2.24) is 0 Å². The number of aryl methyl sites for hydroxylation is 2. The van der Waals surface area contributed by atoms with Gasteiger partial charge in [0.05, 0.1) is 17.8 Å². The van der Waals surface area contributed by atoms with Gasteiger partial charge in [0, 0.05) is 14.1 Å². The number of carboxylic acid groups (broad SMARTS) is 1. The summed E-state index contributed by atoms with van der Waals surface area (Å²) in [6.45, 7) is 3.96. The van der Waals surface area contributed by atoms with Gasteiger partial charge >= 0.3 is 5.97 Å². The molecule has 0 spiro atoms. The number of fused-ring (bicyclic) bond motifs is 1. The van der Waals surface area contributed by atoms with E-state index in [1.807, 2.05) is 26.0 Å². The maximum atomic E-state index is 12.3. The van der Waals surface area contributed by atoms with Crippen molar-refractivity contribution < 1.29 is 14.7 Å². The van der Waals surface area contributed by atoms with Gasteiger partial charge in [-0.3, -0.25) is 9.59 Å². The smallest absolute Gasteiger partial charge is 0.305 e. The highest BCUT2D eigenvalue weighted by Crippen LogP contribution is 2.38. The lowest BCUT2D eigenvalue weighted by Crippen LogP contribution is -2.51. The topological polar surface area (TPSA) is 60.9 Å². The van der Waals surface area contributed by atoms with E-state index in [2.05, 4.69) is 0 Å². The number of carboxylic acids is 1. The molecule has 102 valence electrons. The first-order valence-corrected chi connectivity index (χ1v) is 6.16. The fourth-order valence-electron chi connectivity index (χ4n) is 2.71. The lowest BCUT2D eigenvalue weighted by Gasteiger charge is -2.40. The molecule has 1 aromatic rings. The lowest BCUT2D eigenvalue weighted by atomic mass is 10.00. The van der Waals surface area contributed by atoms with Crippen LogP contribution in [-0.4, -0.2) is 37.1 Å². The molecule has 0 radical (unpaired) electrons. The number of nitrogens with zero attached hydrogens (tertiary/aromatic N) is 2. The van der Waals surface area contributed by atoms with E-state index in [0.29, 0.717) is 0 Å². The number of anilines is 2. The number of hydrogen-bond acceptors (Lipinski definition) is 3. The van der Waals surface area contributed by atoms with Crippen LogP contribution in [0.3, 0.4) is 0 Å². The molecule has 0 saturated heterocycles. The Morgan fingerprint density at radius 2 is 1.95 bits per heavy atom.